The van der Waals surface area contributed by atoms with Gasteiger partial charge in [0.2, 0.25) is 5.91 Å². The first-order valence-corrected chi connectivity index (χ1v) is 8.20. The summed E-state index contributed by atoms with van der Waals surface area (Å²) in [6.45, 7) is 3.34. The maximum atomic E-state index is 10.1. The summed E-state index contributed by atoms with van der Waals surface area (Å²) in [5.74, 6) is -4.13. The molecule has 172 valence electrons. The van der Waals surface area contributed by atoms with Crippen molar-refractivity contribution in [1.82, 2.24) is 0 Å². The van der Waals surface area contributed by atoms with E-state index in [1.807, 2.05) is 13.8 Å². The van der Waals surface area contributed by atoms with Gasteiger partial charge in [-0.05, 0) is 18.8 Å². The number of carbonyl (C=O) groups is 5. The molecule has 0 aliphatic rings. The van der Waals surface area contributed by atoms with Gasteiger partial charge in [0.05, 0.1) is 13.1 Å². The van der Waals surface area contributed by atoms with Gasteiger partial charge in [-0.25, -0.2) is 0 Å². The molecule has 0 aliphatic heterocycles. The lowest BCUT2D eigenvalue weighted by Gasteiger charge is -2.07. The molecule has 14 N–H and O–H groups in total. The maximum Gasteiger partial charge on any atom is 0.320 e. The molecule has 0 rings (SSSR count). The van der Waals surface area contributed by atoms with Gasteiger partial charge in [0.1, 0.15) is 12.1 Å². The fourth-order valence-corrected chi connectivity index (χ4v) is 1.03. The van der Waals surface area contributed by atoms with Gasteiger partial charge in [-0.2, -0.15) is 0 Å². The van der Waals surface area contributed by atoms with Crippen LogP contribution in [0.25, 0.3) is 0 Å². The zero-order valence-corrected chi connectivity index (χ0v) is 16.5. The van der Waals surface area contributed by atoms with Crippen LogP contribution >= 0.6 is 0 Å². The van der Waals surface area contributed by atoms with E-state index in [1.165, 1.54) is 0 Å². The smallest absolute Gasteiger partial charge is 0.320 e. The third-order valence-electron chi connectivity index (χ3n) is 2.41. The molecule has 0 spiro atoms. The van der Waals surface area contributed by atoms with Crippen LogP contribution in [0.4, 0.5) is 0 Å². The molecular formula is C15H33N5O9. The van der Waals surface area contributed by atoms with E-state index in [4.69, 9.17) is 37.6 Å². The fraction of sp³-hybridized carbons (Fsp3) is 0.667. The molecule has 14 nitrogen and oxygen atoms in total. The Hall–Kier alpha value is -2.81. The monoisotopic (exact) mass is 427 g/mol. The number of carboxylic acid groups (broad SMARTS) is 4. The van der Waals surface area contributed by atoms with Gasteiger partial charge in [0.15, 0.2) is 0 Å². The molecule has 0 saturated heterocycles. The first-order valence-electron chi connectivity index (χ1n) is 8.20. The number of carbonyl (C=O) groups excluding carboxylic acids is 1. The van der Waals surface area contributed by atoms with Crippen LogP contribution in [0.5, 0.6) is 0 Å². The summed E-state index contributed by atoms with van der Waals surface area (Å²) in [5, 5.41) is 31.7. The number of primary amides is 1. The van der Waals surface area contributed by atoms with Gasteiger partial charge in [-0.1, -0.05) is 13.8 Å². The molecule has 0 unspecified atom stereocenters. The standard InChI is InChI=1S/C6H13NO2.C5H10N2O3.2C2H5NO2/c1-4(2)3-5(7)6(8)9;6-3(5(9)10)1-2-4(7)8;2*3-1-2(4)5/h4-5H,3,7H2,1-2H3,(H,8,9);3H,1-2,6H2,(H2,7,8)(H,9,10);2*1,3H2,(H,4,5)/t5-;3-;;/m00../s1. The molecule has 0 bridgehead atoms. The van der Waals surface area contributed by atoms with Crippen molar-refractivity contribution in [3.8, 4) is 0 Å². The minimum Gasteiger partial charge on any atom is -0.480 e. The second-order valence-corrected chi connectivity index (χ2v) is 5.72. The van der Waals surface area contributed by atoms with E-state index >= 15 is 0 Å². The Labute approximate surface area is 168 Å². The van der Waals surface area contributed by atoms with Gasteiger partial charge in [0.25, 0.3) is 0 Å². The van der Waals surface area contributed by atoms with Crippen LogP contribution in [0.1, 0.15) is 33.1 Å². The van der Waals surface area contributed by atoms with E-state index < -0.39 is 41.9 Å². The predicted molar refractivity (Wildman–Crippen MR) is 102 cm³/mol. The number of aliphatic carboxylic acids is 4. The number of nitrogens with two attached hydrogens (primary N) is 5. The zero-order chi connectivity index (χ0) is 24.2. The number of rotatable bonds is 9. The van der Waals surface area contributed by atoms with Crippen LogP contribution in [-0.4, -0.2) is 75.4 Å². The summed E-state index contributed by atoms with van der Waals surface area (Å²) in [6.07, 6.45) is 0.674. The third-order valence-corrected chi connectivity index (χ3v) is 2.41. The Balaban J connectivity index is -0.000000151. The number of carboxylic acids is 4. The van der Waals surface area contributed by atoms with Crippen molar-refractivity contribution < 1.29 is 44.4 Å². The van der Waals surface area contributed by atoms with Crippen LogP contribution in [0.15, 0.2) is 0 Å². The molecule has 0 aromatic rings. The van der Waals surface area contributed by atoms with Crippen molar-refractivity contribution in [1.29, 1.82) is 0 Å². The predicted octanol–water partition coefficient (Wildman–Crippen LogP) is -2.83. The highest BCUT2D eigenvalue weighted by Gasteiger charge is 2.12. The van der Waals surface area contributed by atoms with E-state index in [9.17, 15) is 24.0 Å². The highest BCUT2D eigenvalue weighted by atomic mass is 16.4. The summed E-state index contributed by atoms with van der Waals surface area (Å²) in [4.78, 5) is 48.7. The SMILES string of the molecule is CC(C)C[C@H](N)C(=O)O.NC(=O)CC[C@H](N)C(=O)O.NCC(=O)O.NCC(=O)O. The van der Waals surface area contributed by atoms with Crippen molar-refractivity contribution in [2.45, 2.75) is 45.2 Å². The minimum atomic E-state index is -1.11. The fourth-order valence-electron chi connectivity index (χ4n) is 1.03. The Kier molecular flexibility index (Phi) is 25.0. The summed E-state index contributed by atoms with van der Waals surface area (Å²) in [5.41, 5.74) is 24.2. The molecule has 1 amide bonds. The van der Waals surface area contributed by atoms with Crippen LogP contribution < -0.4 is 28.7 Å². The first-order chi connectivity index (χ1) is 13.1. The van der Waals surface area contributed by atoms with E-state index in [2.05, 4.69) is 11.5 Å². The van der Waals surface area contributed by atoms with E-state index in [0.717, 1.165) is 0 Å². The van der Waals surface area contributed by atoms with Gasteiger partial charge < -0.3 is 49.1 Å². The van der Waals surface area contributed by atoms with Crippen molar-refractivity contribution >= 4 is 29.8 Å². The van der Waals surface area contributed by atoms with Gasteiger partial charge in [-0.15, -0.1) is 0 Å². The van der Waals surface area contributed by atoms with Crippen molar-refractivity contribution in [3.05, 3.63) is 0 Å². The first kappa shape index (κ1) is 33.8. The Morgan fingerprint density at radius 1 is 0.759 bits per heavy atom. The molecule has 0 aromatic carbocycles. The lowest BCUT2D eigenvalue weighted by Crippen LogP contribution is -2.31. The summed E-state index contributed by atoms with van der Waals surface area (Å²) < 4.78 is 0. The van der Waals surface area contributed by atoms with Crippen molar-refractivity contribution in [3.63, 3.8) is 0 Å². The average molecular weight is 427 g/mol. The zero-order valence-electron chi connectivity index (χ0n) is 16.5. The number of hydrogen-bond acceptors (Lipinski definition) is 9. The molecule has 0 heterocycles. The molecule has 0 aromatic heterocycles. The lowest BCUT2D eigenvalue weighted by molar-refractivity contribution is -0.139. The summed E-state index contributed by atoms with van der Waals surface area (Å²) in [7, 11) is 0. The topological polar surface area (TPSA) is 296 Å². The van der Waals surface area contributed by atoms with E-state index in [1.54, 1.807) is 0 Å². The van der Waals surface area contributed by atoms with Crippen molar-refractivity contribution in [2.75, 3.05) is 13.1 Å². The van der Waals surface area contributed by atoms with Gasteiger partial charge in [0, 0.05) is 6.42 Å². The van der Waals surface area contributed by atoms with Gasteiger partial charge >= 0.3 is 23.9 Å². The Bertz CT molecular complexity index is 487. The van der Waals surface area contributed by atoms with Crippen LogP contribution in [0, 0.1) is 5.92 Å². The quantitative estimate of drug-likeness (QED) is 0.179. The third kappa shape index (κ3) is 40.9. The molecule has 14 heteroatoms. The van der Waals surface area contributed by atoms with Crippen molar-refractivity contribution in [2.24, 2.45) is 34.6 Å². The lowest BCUT2D eigenvalue weighted by atomic mass is 10.1. The normalized spacial score (nSPS) is 11.1. The van der Waals surface area contributed by atoms with E-state index in [-0.39, 0.29) is 25.9 Å². The molecule has 0 radical (unpaired) electrons. The van der Waals surface area contributed by atoms with Crippen LogP contribution in [0.2, 0.25) is 0 Å². The molecule has 29 heavy (non-hydrogen) atoms. The largest absolute Gasteiger partial charge is 0.480 e. The Morgan fingerprint density at radius 2 is 1.07 bits per heavy atom. The van der Waals surface area contributed by atoms with Gasteiger partial charge in [-0.3, -0.25) is 24.0 Å². The van der Waals surface area contributed by atoms with Crippen LogP contribution in [0.3, 0.4) is 0 Å². The highest BCUT2D eigenvalue weighted by molar-refractivity contribution is 5.77. The Morgan fingerprint density at radius 3 is 1.21 bits per heavy atom. The minimum absolute atomic E-state index is 0.0213. The summed E-state index contributed by atoms with van der Waals surface area (Å²) >= 11 is 0. The number of hydrogen-bond donors (Lipinski definition) is 9. The van der Waals surface area contributed by atoms with Crippen LogP contribution in [-0.2, 0) is 24.0 Å². The van der Waals surface area contributed by atoms with E-state index in [0.29, 0.717) is 12.3 Å². The molecule has 0 aliphatic carbocycles. The molecule has 0 saturated carbocycles. The maximum absolute atomic E-state index is 10.1. The molecule has 0 fully saturated rings. The average Bonchev–Trinajstić information content (AvgIpc) is 2.60. The second-order valence-electron chi connectivity index (χ2n) is 5.72. The highest BCUT2D eigenvalue weighted by Crippen LogP contribution is 2.01. The molecule has 2 atom stereocenters. The number of amides is 1. The second kappa shape index (κ2) is 21.5. The summed E-state index contributed by atoms with van der Waals surface area (Å²) in [6, 6.07) is -1.67. The molecular weight excluding hydrogens is 394 g/mol.